The molecule has 0 radical (unpaired) electrons. The van der Waals surface area contributed by atoms with E-state index in [2.05, 4.69) is 47.0 Å². The maximum atomic E-state index is 5.18. The topological polar surface area (TPSA) is 33.3 Å². The van der Waals surface area contributed by atoms with Crippen molar-refractivity contribution < 1.29 is 4.74 Å². The summed E-state index contributed by atoms with van der Waals surface area (Å²) in [5.41, 5.74) is 4.09. The van der Waals surface area contributed by atoms with Crippen LogP contribution in [0.3, 0.4) is 0 Å². The van der Waals surface area contributed by atoms with Crippen molar-refractivity contribution in [2.45, 2.75) is 25.3 Å². The second kappa shape index (κ2) is 7.32. The van der Waals surface area contributed by atoms with Crippen LogP contribution in [-0.4, -0.2) is 26.2 Å². The lowest BCUT2D eigenvalue weighted by molar-refractivity contribution is 0.414. The van der Waals surface area contributed by atoms with Crippen molar-refractivity contribution in [1.29, 1.82) is 0 Å². The molecule has 1 aliphatic heterocycles. The smallest absolute Gasteiger partial charge is 0.118 e. The van der Waals surface area contributed by atoms with E-state index in [0.717, 1.165) is 25.3 Å². The zero-order valence-corrected chi connectivity index (χ0v) is 13.1. The molecule has 0 aromatic heterocycles. The molecule has 0 fully saturated rings. The van der Waals surface area contributed by atoms with Gasteiger partial charge in [-0.3, -0.25) is 0 Å². The third-order valence-electron chi connectivity index (χ3n) is 4.28. The molecule has 0 spiro atoms. The molecule has 0 saturated heterocycles. The fourth-order valence-corrected chi connectivity index (χ4v) is 2.96. The van der Waals surface area contributed by atoms with Crippen LogP contribution in [0, 0.1) is 0 Å². The van der Waals surface area contributed by atoms with E-state index < -0.39 is 0 Å². The zero-order valence-electron chi connectivity index (χ0n) is 13.1. The van der Waals surface area contributed by atoms with Crippen molar-refractivity contribution in [2.75, 3.05) is 25.5 Å². The van der Waals surface area contributed by atoms with Gasteiger partial charge in [-0.2, -0.15) is 0 Å². The van der Waals surface area contributed by atoms with Crippen molar-refractivity contribution in [2.24, 2.45) is 0 Å². The van der Waals surface area contributed by atoms with Crippen LogP contribution < -0.4 is 15.4 Å². The van der Waals surface area contributed by atoms with E-state index in [1.807, 2.05) is 12.1 Å². The Morgan fingerprint density at radius 1 is 1.14 bits per heavy atom. The van der Waals surface area contributed by atoms with Crippen LogP contribution in [0.4, 0.5) is 5.69 Å². The number of nitrogens with one attached hydrogen (secondary N) is 2. The number of benzene rings is 2. The lowest BCUT2D eigenvalue weighted by Gasteiger charge is -2.27. The number of hydrogen-bond acceptors (Lipinski definition) is 3. The predicted octanol–water partition coefficient (Wildman–Crippen LogP) is 3.25. The SMILES string of the molecule is COc1ccc(CCNC[C@@H]2CCc3ccccc3N2)cc1. The van der Waals surface area contributed by atoms with Gasteiger partial charge in [0.1, 0.15) is 5.75 Å². The summed E-state index contributed by atoms with van der Waals surface area (Å²) in [5, 5.41) is 7.20. The van der Waals surface area contributed by atoms with Gasteiger partial charge < -0.3 is 15.4 Å². The van der Waals surface area contributed by atoms with Crippen LogP contribution in [-0.2, 0) is 12.8 Å². The van der Waals surface area contributed by atoms with Gasteiger partial charge in [-0.1, -0.05) is 30.3 Å². The van der Waals surface area contributed by atoms with E-state index in [0.29, 0.717) is 6.04 Å². The Kier molecular flexibility index (Phi) is 4.96. The number of hydrogen-bond donors (Lipinski definition) is 2. The third kappa shape index (κ3) is 3.80. The Labute approximate surface area is 132 Å². The molecule has 3 heteroatoms. The van der Waals surface area contributed by atoms with Crippen molar-refractivity contribution in [3.8, 4) is 5.75 Å². The van der Waals surface area contributed by atoms with Crippen LogP contribution in [0.15, 0.2) is 48.5 Å². The van der Waals surface area contributed by atoms with Gasteiger partial charge in [-0.15, -0.1) is 0 Å². The second-order valence-corrected chi connectivity index (χ2v) is 5.84. The highest BCUT2D eigenvalue weighted by Gasteiger charge is 2.16. The minimum absolute atomic E-state index is 0.533. The summed E-state index contributed by atoms with van der Waals surface area (Å²) in [7, 11) is 1.70. The Morgan fingerprint density at radius 3 is 2.77 bits per heavy atom. The van der Waals surface area contributed by atoms with E-state index in [4.69, 9.17) is 4.74 Å². The number of aryl methyl sites for hydroxylation is 1. The number of para-hydroxylation sites is 1. The number of methoxy groups -OCH3 is 1. The summed E-state index contributed by atoms with van der Waals surface area (Å²) in [4.78, 5) is 0. The molecule has 0 bridgehead atoms. The maximum absolute atomic E-state index is 5.18. The van der Waals surface area contributed by atoms with Gasteiger partial charge in [0.05, 0.1) is 7.11 Å². The fraction of sp³-hybridized carbons (Fsp3) is 0.368. The first kappa shape index (κ1) is 14.9. The van der Waals surface area contributed by atoms with Gasteiger partial charge in [-0.05, 0) is 55.1 Å². The predicted molar refractivity (Wildman–Crippen MR) is 91.7 cm³/mol. The highest BCUT2D eigenvalue weighted by atomic mass is 16.5. The van der Waals surface area contributed by atoms with Crippen LogP contribution in [0.2, 0.25) is 0 Å². The molecular formula is C19H24N2O. The first-order valence-electron chi connectivity index (χ1n) is 8.03. The van der Waals surface area contributed by atoms with E-state index in [1.54, 1.807) is 7.11 Å². The Hall–Kier alpha value is -2.00. The lowest BCUT2D eigenvalue weighted by atomic mass is 9.98. The van der Waals surface area contributed by atoms with Crippen molar-refractivity contribution in [3.05, 3.63) is 59.7 Å². The maximum Gasteiger partial charge on any atom is 0.118 e. The van der Waals surface area contributed by atoms with Crippen molar-refractivity contribution in [3.63, 3.8) is 0 Å². The molecule has 3 nitrogen and oxygen atoms in total. The summed E-state index contributed by atoms with van der Waals surface area (Å²) in [6.45, 7) is 2.02. The van der Waals surface area contributed by atoms with Crippen molar-refractivity contribution >= 4 is 5.69 Å². The molecule has 0 aliphatic carbocycles. The van der Waals surface area contributed by atoms with E-state index in [1.165, 1.54) is 29.7 Å². The quantitative estimate of drug-likeness (QED) is 0.803. The Bertz CT molecular complexity index is 595. The number of ether oxygens (including phenoxy) is 1. The molecule has 1 atom stereocenters. The highest BCUT2D eigenvalue weighted by molar-refractivity contribution is 5.53. The van der Waals surface area contributed by atoms with Gasteiger partial charge in [0.25, 0.3) is 0 Å². The molecule has 2 aromatic carbocycles. The summed E-state index contributed by atoms with van der Waals surface area (Å²) < 4.78 is 5.18. The average Bonchev–Trinajstić information content (AvgIpc) is 2.59. The van der Waals surface area contributed by atoms with Gasteiger partial charge in [-0.25, -0.2) is 0 Å². The third-order valence-corrected chi connectivity index (χ3v) is 4.28. The monoisotopic (exact) mass is 296 g/mol. The fourth-order valence-electron chi connectivity index (χ4n) is 2.96. The molecule has 116 valence electrons. The summed E-state index contributed by atoms with van der Waals surface area (Å²) in [6.07, 6.45) is 3.42. The van der Waals surface area contributed by atoms with Crippen LogP contribution >= 0.6 is 0 Å². The molecule has 1 heterocycles. The normalized spacial score (nSPS) is 16.7. The number of anilines is 1. The summed E-state index contributed by atoms with van der Waals surface area (Å²) in [6, 6.07) is 17.5. The number of rotatable bonds is 6. The lowest BCUT2D eigenvalue weighted by Crippen LogP contribution is -2.36. The van der Waals surface area contributed by atoms with Gasteiger partial charge in [0, 0.05) is 18.3 Å². The van der Waals surface area contributed by atoms with E-state index in [9.17, 15) is 0 Å². The summed E-state index contributed by atoms with van der Waals surface area (Å²) >= 11 is 0. The second-order valence-electron chi connectivity index (χ2n) is 5.84. The first-order valence-corrected chi connectivity index (χ1v) is 8.03. The molecule has 0 saturated carbocycles. The average molecular weight is 296 g/mol. The van der Waals surface area contributed by atoms with Crippen LogP contribution in [0.25, 0.3) is 0 Å². The summed E-state index contributed by atoms with van der Waals surface area (Å²) in [5.74, 6) is 0.918. The molecule has 2 aromatic rings. The standard InChI is InChI=1S/C19H24N2O/c1-22-18-10-6-15(7-11-18)12-13-20-14-17-9-8-16-4-2-3-5-19(16)21-17/h2-7,10-11,17,20-21H,8-9,12-14H2,1H3/t17-/m0/s1. The van der Waals surface area contributed by atoms with Gasteiger partial charge in [0.2, 0.25) is 0 Å². The zero-order chi connectivity index (χ0) is 15.2. The van der Waals surface area contributed by atoms with Gasteiger partial charge >= 0.3 is 0 Å². The molecule has 3 rings (SSSR count). The largest absolute Gasteiger partial charge is 0.497 e. The Balaban J connectivity index is 1.40. The molecular weight excluding hydrogens is 272 g/mol. The molecule has 0 unspecified atom stereocenters. The molecule has 0 amide bonds. The number of fused-ring (bicyclic) bond motifs is 1. The van der Waals surface area contributed by atoms with Gasteiger partial charge in [0.15, 0.2) is 0 Å². The van der Waals surface area contributed by atoms with E-state index in [-0.39, 0.29) is 0 Å². The molecule has 2 N–H and O–H groups in total. The van der Waals surface area contributed by atoms with Crippen LogP contribution in [0.1, 0.15) is 17.5 Å². The minimum Gasteiger partial charge on any atom is -0.497 e. The highest BCUT2D eigenvalue weighted by Crippen LogP contribution is 2.23. The Morgan fingerprint density at radius 2 is 1.95 bits per heavy atom. The first-order chi connectivity index (χ1) is 10.8. The van der Waals surface area contributed by atoms with Crippen LogP contribution in [0.5, 0.6) is 5.75 Å². The molecule has 22 heavy (non-hydrogen) atoms. The van der Waals surface area contributed by atoms with Crippen molar-refractivity contribution in [1.82, 2.24) is 5.32 Å². The van der Waals surface area contributed by atoms with E-state index >= 15 is 0 Å². The molecule has 1 aliphatic rings. The minimum atomic E-state index is 0.533.